The average Bonchev–Trinajstić information content (AvgIpc) is 2.54. The zero-order valence-corrected chi connectivity index (χ0v) is 12.2. The van der Waals surface area contributed by atoms with Crippen molar-refractivity contribution in [3.05, 3.63) is 71.8 Å². The van der Waals surface area contributed by atoms with Gasteiger partial charge in [0.2, 0.25) is 0 Å². The molecule has 0 aliphatic heterocycles. The molecule has 3 nitrogen and oxygen atoms in total. The predicted octanol–water partition coefficient (Wildman–Crippen LogP) is 2.86. The van der Waals surface area contributed by atoms with Crippen LogP contribution in [0.1, 0.15) is 30.6 Å². The monoisotopic (exact) mass is 283 g/mol. The Hall–Kier alpha value is -2.13. The summed E-state index contributed by atoms with van der Waals surface area (Å²) in [5, 5.41) is 12.9. The summed E-state index contributed by atoms with van der Waals surface area (Å²) in [6, 6.07) is 19.2. The molecule has 21 heavy (non-hydrogen) atoms. The molecule has 0 bridgehead atoms. The molecule has 0 saturated carbocycles. The number of rotatable bonds is 6. The third kappa shape index (κ3) is 4.72. The van der Waals surface area contributed by atoms with E-state index in [2.05, 4.69) is 17.4 Å². The Morgan fingerprint density at radius 2 is 1.62 bits per heavy atom. The van der Waals surface area contributed by atoms with Crippen molar-refractivity contribution in [1.82, 2.24) is 5.32 Å². The summed E-state index contributed by atoms with van der Waals surface area (Å²) >= 11 is 0. The van der Waals surface area contributed by atoms with Crippen LogP contribution in [0, 0.1) is 0 Å². The van der Waals surface area contributed by atoms with Crippen molar-refractivity contribution in [2.45, 2.75) is 31.9 Å². The number of aliphatic hydroxyl groups is 1. The molecule has 2 atom stereocenters. The fourth-order valence-electron chi connectivity index (χ4n) is 2.21. The van der Waals surface area contributed by atoms with E-state index in [1.54, 1.807) is 12.1 Å². The molecule has 0 heterocycles. The molecule has 0 spiro atoms. The molecule has 0 fully saturated rings. The molecule has 1 unspecified atom stereocenters. The van der Waals surface area contributed by atoms with Gasteiger partial charge < -0.3 is 10.4 Å². The fourth-order valence-corrected chi connectivity index (χ4v) is 2.21. The van der Waals surface area contributed by atoms with Crippen LogP contribution < -0.4 is 5.32 Å². The van der Waals surface area contributed by atoms with Crippen molar-refractivity contribution in [3.63, 3.8) is 0 Å². The third-order valence-electron chi connectivity index (χ3n) is 3.46. The van der Waals surface area contributed by atoms with Crippen LogP contribution in [-0.4, -0.2) is 17.1 Å². The standard InChI is InChI=1S/C18H21NO2/c1-14(12-13-15-8-4-2-5-9-15)19-18(21)17(20)16-10-6-3-7-11-16/h2-11,14,17,20H,12-13H2,1H3,(H,19,21)/t14-,17?/m1/s1. The van der Waals surface area contributed by atoms with E-state index < -0.39 is 6.10 Å². The summed E-state index contributed by atoms with van der Waals surface area (Å²) in [7, 11) is 0. The average molecular weight is 283 g/mol. The maximum absolute atomic E-state index is 12.0. The van der Waals surface area contributed by atoms with E-state index in [0.29, 0.717) is 5.56 Å². The highest BCUT2D eigenvalue weighted by Crippen LogP contribution is 2.13. The highest BCUT2D eigenvalue weighted by atomic mass is 16.3. The van der Waals surface area contributed by atoms with Crippen LogP contribution in [0.5, 0.6) is 0 Å². The summed E-state index contributed by atoms with van der Waals surface area (Å²) in [4.78, 5) is 12.0. The number of benzene rings is 2. The number of amides is 1. The molecular weight excluding hydrogens is 262 g/mol. The smallest absolute Gasteiger partial charge is 0.253 e. The lowest BCUT2D eigenvalue weighted by Gasteiger charge is -2.17. The van der Waals surface area contributed by atoms with Crippen LogP contribution in [0.3, 0.4) is 0 Å². The molecule has 0 saturated heterocycles. The second-order valence-corrected chi connectivity index (χ2v) is 5.25. The SMILES string of the molecule is C[C@H](CCc1ccccc1)NC(=O)C(O)c1ccccc1. The molecule has 3 heteroatoms. The predicted molar refractivity (Wildman–Crippen MR) is 83.8 cm³/mol. The molecule has 110 valence electrons. The van der Waals surface area contributed by atoms with Gasteiger partial charge in [0.25, 0.3) is 5.91 Å². The number of aliphatic hydroxyl groups excluding tert-OH is 1. The van der Waals surface area contributed by atoms with Crippen molar-refractivity contribution in [2.75, 3.05) is 0 Å². The number of carbonyl (C=O) groups is 1. The van der Waals surface area contributed by atoms with Crippen molar-refractivity contribution >= 4 is 5.91 Å². The van der Waals surface area contributed by atoms with Crippen LogP contribution >= 0.6 is 0 Å². The van der Waals surface area contributed by atoms with E-state index >= 15 is 0 Å². The molecule has 1 amide bonds. The maximum Gasteiger partial charge on any atom is 0.253 e. The number of hydrogen-bond donors (Lipinski definition) is 2. The zero-order chi connectivity index (χ0) is 15.1. The van der Waals surface area contributed by atoms with Gasteiger partial charge in [-0.2, -0.15) is 0 Å². The largest absolute Gasteiger partial charge is 0.378 e. The molecule has 0 aliphatic rings. The third-order valence-corrected chi connectivity index (χ3v) is 3.46. The number of aryl methyl sites for hydroxylation is 1. The van der Waals surface area contributed by atoms with E-state index in [1.165, 1.54) is 5.56 Å². The normalized spacial score (nSPS) is 13.4. The summed E-state index contributed by atoms with van der Waals surface area (Å²) < 4.78 is 0. The second-order valence-electron chi connectivity index (χ2n) is 5.25. The van der Waals surface area contributed by atoms with Crippen molar-refractivity contribution in [1.29, 1.82) is 0 Å². The van der Waals surface area contributed by atoms with Crippen molar-refractivity contribution in [2.24, 2.45) is 0 Å². The Morgan fingerprint density at radius 1 is 1.05 bits per heavy atom. The van der Waals surface area contributed by atoms with E-state index in [0.717, 1.165) is 12.8 Å². The Balaban J connectivity index is 1.82. The lowest BCUT2D eigenvalue weighted by atomic mass is 10.1. The van der Waals surface area contributed by atoms with Crippen LogP contribution in [0.2, 0.25) is 0 Å². The Kier molecular flexibility index (Phi) is 5.52. The number of carbonyl (C=O) groups excluding carboxylic acids is 1. The molecule has 0 radical (unpaired) electrons. The van der Waals surface area contributed by atoms with E-state index in [-0.39, 0.29) is 11.9 Å². The second kappa shape index (κ2) is 7.60. The zero-order valence-electron chi connectivity index (χ0n) is 12.2. The molecule has 0 aromatic heterocycles. The van der Waals surface area contributed by atoms with Gasteiger partial charge in [0.1, 0.15) is 0 Å². The number of hydrogen-bond acceptors (Lipinski definition) is 2. The Morgan fingerprint density at radius 3 is 2.24 bits per heavy atom. The van der Waals surface area contributed by atoms with Crippen LogP contribution in [-0.2, 0) is 11.2 Å². The Labute approximate surface area is 125 Å². The molecule has 2 rings (SSSR count). The van der Waals surface area contributed by atoms with Gasteiger partial charge in [-0.15, -0.1) is 0 Å². The maximum atomic E-state index is 12.0. The van der Waals surface area contributed by atoms with Gasteiger partial charge in [-0.25, -0.2) is 0 Å². The van der Waals surface area contributed by atoms with Crippen LogP contribution in [0.25, 0.3) is 0 Å². The lowest BCUT2D eigenvalue weighted by molar-refractivity contribution is -0.130. The highest BCUT2D eigenvalue weighted by molar-refractivity contribution is 5.82. The number of nitrogens with one attached hydrogen (secondary N) is 1. The van der Waals surface area contributed by atoms with Gasteiger partial charge in [0.05, 0.1) is 0 Å². The fraction of sp³-hybridized carbons (Fsp3) is 0.278. The van der Waals surface area contributed by atoms with Gasteiger partial charge >= 0.3 is 0 Å². The molecular formula is C18H21NO2. The summed E-state index contributed by atoms with van der Waals surface area (Å²) in [5.41, 5.74) is 1.87. The summed E-state index contributed by atoms with van der Waals surface area (Å²) in [5.74, 6) is -0.346. The first kappa shape index (κ1) is 15.3. The van der Waals surface area contributed by atoms with Crippen LogP contribution in [0.4, 0.5) is 0 Å². The van der Waals surface area contributed by atoms with Gasteiger partial charge in [-0.1, -0.05) is 60.7 Å². The first-order valence-corrected chi connectivity index (χ1v) is 7.24. The van der Waals surface area contributed by atoms with E-state index in [9.17, 15) is 9.90 Å². The van der Waals surface area contributed by atoms with Gasteiger partial charge in [-0.3, -0.25) is 4.79 Å². The van der Waals surface area contributed by atoms with Crippen molar-refractivity contribution in [3.8, 4) is 0 Å². The lowest BCUT2D eigenvalue weighted by Crippen LogP contribution is -2.36. The quantitative estimate of drug-likeness (QED) is 0.856. The van der Waals surface area contributed by atoms with Gasteiger partial charge in [-0.05, 0) is 30.9 Å². The summed E-state index contributed by atoms with van der Waals surface area (Å²) in [6.07, 6.45) is 0.645. The van der Waals surface area contributed by atoms with Gasteiger partial charge in [0.15, 0.2) is 6.10 Å². The molecule has 2 N–H and O–H groups in total. The summed E-state index contributed by atoms with van der Waals surface area (Å²) in [6.45, 7) is 1.96. The van der Waals surface area contributed by atoms with E-state index in [1.807, 2.05) is 43.3 Å². The van der Waals surface area contributed by atoms with Gasteiger partial charge in [0, 0.05) is 6.04 Å². The topological polar surface area (TPSA) is 49.3 Å². The minimum atomic E-state index is -1.11. The molecule has 0 aliphatic carbocycles. The molecule has 2 aromatic rings. The van der Waals surface area contributed by atoms with Crippen molar-refractivity contribution < 1.29 is 9.90 Å². The highest BCUT2D eigenvalue weighted by Gasteiger charge is 2.18. The molecule has 2 aromatic carbocycles. The Bertz CT molecular complexity index is 554. The van der Waals surface area contributed by atoms with E-state index in [4.69, 9.17) is 0 Å². The van der Waals surface area contributed by atoms with Crippen LogP contribution in [0.15, 0.2) is 60.7 Å². The minimum Gasteiger partial charge on any atom is -0.378 e. The minimum absolute atomic E-state index is 0.0241. The first-order valence-electron chi connectivity index (χ1n) is 7.24. The first-order chi connectivity index (χ1) is 10.2.